The lowest BCUT2D eigenvalue weighted by molar-refractivity contribution is -0.144. The van der Waals surface area contributed by atoms with Gasteiger partial charge in [-0.1, -0.05) is 42.5 Å². The van der Waals surface area contributed by atoms with Gasteiger partial charge in [-0.15, -0.1) is 0 Å². The van der Waals surface area contributed by atoms with Crippen LogP contribution in [-0.2, 0) is 27.5 Å². The van der Waals surface area contributed by atoms with Crippen molar-refractivity contribution < 1.29 is 23.9 Å². The number of urea groups is 1. The van der Waals surface area contributed by atoms with Crippen LogP contribution in [0.15, 0.2) is 54.6 Å². The maximum absolute atomic E-state index is 12.4. The lowest BCUT2D eigenvalue weighted by atomic mass is 10.2. The Morgan fingerprint density at radius 2 is 1.61 bits per heavy atom. The molecular formula is C20H19N3O5. The first-order chi connectivity index (χ1) is 13.5. The van der Waals surface area contributed by atoms with Gasteiger partial charge in [-0.2, -0.15) is 0 Å². The van der Waals surface area contributed by atoms with Crippen LogP contribution in [0.1, 0.15) is 11.1 Å². The first-order valence-corrected chi connectivity index (χ1v) is 8.60. The summed E-state index contributed by atoms with van der Waals surface area (Å²) >= 11 is 0. The van der Waals surface area contributed by atoms with E-state index in [4.69, 9.17) is 4.74 Å². The van der Waals surface area contributed by atoms with E-state index in [1.54, 1.807) is 61.7 Å². The molecule has 1 fully saturated rings. The zero-order valence-electron chi connectivity index (χ0n) is 15.3. The highest BCUT2D eigenvalue weighted by atomic mass is 16.5. The van der Waals surface area contributed by atoms with E-state index in [1.165, 1.54) is 0 Å². The molecule has 1 N–H and O–H groups in total. The number of ether oxygens (including phenoxy) is 1. The highest BCUT2D eigenvalue weighted by Crippen LogP contribution is 2.16. The van der Waals surface area contributed by atoms with Gasteiger partial charge in [0.1, 0.15) is 12.3 Å². The third-order valence-electron chi connectivity index (χ3n) is 4.24. The molecule has 2 aromatic rings. The molecule has 2 aromatic carbocycles. The normalized spacial score (nSPS) is 13.8. The first kappa shape index (κ1) is 19.1. The summed E-state index contributed by atoms with van der Waals surface area (Å²) in [4.78, 5) is 50.4. The molecule has 28 heavy (non-hydrogen) atoms. The maximum Gasteiger partial charge on any atom is 0.335 e. The van der Waals surface area contributed by atoms with Crippen LogP contribution in [0.3, 0.4) is 0 Å². The van der Waals surface area contributed by atoms with Gasteiger partial charge in [-0.05, 0) is 23.3 Å². The van der Waals surface area contributed by atoms with Gasteiger partial charge in [0.25, 0.3) is 0 Å². The van der Waals surface area contributed by atoms with Gasteiger partial charge in [0.05, 0.1) is 13.7 Å². The minimum absolute atomic E-state index is 0.0217. The molecule has 1 aliphatic rings. The number of nitrogens with one attached hydrogen (secondary N) is 1. The molecule has 8 heteroatoms. The van der Waals surface area contributed by atoms with Crippen LogP contribution in [-0.4, -0.2) is 47.2 Å². The quantitative estimate of drug-likeness (QED) is 0.576. The molecule has 0 saturated carbocycles. The van der Waals surface area contributed by atoms with Crippen molar-refractivity contribution in [2.24, 2.45) is 0 Å². The summed E-state index contributed by atoms with van der Waals surface area (Å²) in [6.45, 7) is -0.335. The number of carbonyl (C=O) groups is 4. The smallest absolute Gasteiger partial charge is 0.335 e. The first-order valence-electron chi connectivity index (χ1n) is 8.60. The van der Waals surface area contributed by atoms with Crippen LogP contribution >= 0.6 is 0 Å². The molecule has 0 aliphatic carbocycles. The van der Waals surface area contributed by atoms with E-state index in [1.807, 2.05) is 0 Å². The molecule has 5 amide bonds. The van der Waals surface area contributed by atoms with Crippen LogP contribution in [0.4, 0.5) is 4.79 Å². The van der Waals surface area contributed by atoms with Crippen molar-refractivity contribution in [3.8, 4) is 5.75 Å². The third-order valence-corrected chi connectivity index (χ3v) is 4.24. The highest BCUT2D eigenvalue weighted by molar-refractivity contribution is 6.44. The van der Waals surface area contributed by atoms with Crippen molar-refractivity contribution in [2.75, 3.05) is 13.7 Å². The average Bonchev–Trinajstić information content (AvgIpc) is 2.91. The fraction of sp³-hybridized carbons (Fsp3) is 0.200. The van der Waals surface area contributed by atoms with Gasteiger partial charge in [0, 0.05) is 6.54 Å². The van der Waals surface area contributed by atoms with Crippen LogP contribution in [0, 0.1) is 0 Å². The molecule has 0 radical (unpaired) electrons. The number of hydrogen-bond donors (Lipinski definition) is 1. The molecule has 8 nitrogen and oxygen atoms in total. The molecule has 0 bridgehead atoms. The van der Waals surface area contributed by atoms with Gasteiger partial charge in [-0.25, -0.2) is 9.69 Å². The Morgan fingerprint density at radius 3 is 2.32 bits per heavy atom. The topological polar surface area (TPSA) is 96.0 Å². The minimum atomic E-state index is -1.00. The summed E-state index contributed by atoms with van der Waals surface area (Å²) < 4.78 is 5.12. The van der Waals surface area contributed by atoms with Gasteiger partial charge in [0.15, 0.2) is 0 Å². The number of amides is 5. The van der Waals surface area contributed by atoms with E-state index in [9.17, 15) is 19.2 Å². The summed E-state index contributed by atoms with van der Waals surface area (Å²) in [5.41, 5.74) is 1.51. The van der Waals surface area contributed by atoms with Crippen molar-refractivity contribution in [3.63, 3.8) is 0 Å². The molecule has 0 unspecified atom stereocenters. The van der Waals surface area contributed by atoms with Gasteiger partial charge >= 0.3 is 17.8 Å². The predicted octanol–water partition coefficient (Wildman–Crippen LogP) is 1.30. The molecule has 0 aromatic heterocycles. The molecule has 1 aliphatic heterocycles. The highest BCUT2D eigenvalue weighted by Gasteiger charge is 2.45. The lowest BCUT2D eigenvalue weighted by Crippen LogP contribution is -2.41. The fourth-order valence-electron chi connectivity index (χ4n) is 2.78. The van der Waals surface area contributed by atoms with Crippen LogP contribution in [0.25, 0.3) is 0 Å². The summed E-state index contributed by atoms with van der Waals surface area (Å²) in [6.07, 6.45) is 0. The van der Waals surface area contributed by atoms with E-state index < -0.39 is 30.3 Å². The summed E-state index contributed by atoms with van der Waals surface area (Å²) in [5.74, 6) is -1.83. The molecule has 3 rings (SSSR count). The minimum Gasteiger partial charge on any atom is -0.497 e. The Kier molecular flexibility index (Phi) is 5.69. The van der Waals surface area contributed by atoms with Crippen molar-refractivity contribution in [1.82, 2.24) is 15.1 Å². The van der Waals surface area contributed by atoms with E-state index in [0.717, 1.165) is 10.5 Å². The van der Waals surface area contributed by atoms with Crippen LogP contribution in [0.5, 0.6) is 5.75 Å². The van der Waals surface area contributed by atoms with E-state index in [-0.39, 0.29) is 13.1 Å². The molecule has 144 valence electrons. The molecule has 1 heterocycles. The van der Waals surface area contributed by atoms with Crippen molar-refractivity contribution in [2.45, 2.75) is 13.1 Å². The van der Waals surface area contributed by atoms with Gasteiger partial charge < -0.3 is 10.1 Å². The molecular weight excluding hydrogens is 362 g/mol. The number of rotatable bonds is 7. The second kappa shape index (κ2) is 8.34. The SMILES string of the molecule is COc1cccc(CNC(=O)CN2C(=O)C(=O)N(Cc3ccccc3)C2=O)c1. The fourth-order valence-corrected chi connectivity index (χ4v) is 2.78. The second-order valence-electron chi connectivity index (χ2n) is 6.18. The van der Waals surface area contributed by atoms with E-state index in [0.29, 0.717) is 16.2 Å². The summed E-state index contributed by atoms with van der Waals surface area (Å²) in [7, 11) is 1.54. The van der Waals surface area contributed by atoms with Crippen LogP contribution < -0.4 is 10.1 Å². The number of methoxy groups -OCH3 is 1. The van der Waals surface area contributed by atoms with E-state index >= 15 is 0 Å². The van der Waals surface area contributed by atoms with Crippen molar-refractivity contribution in [1.29, 1.82) is 0 Å². The number of benzene rings is 2. The van der Waals surface area contributed by atoms with Crippen molar-refractivity contribution in [3.05, 3.63) is 65.7 Å². The second-order valence-corrected chi connectivity index (χ2v) is 6.18. The van der Waals surface area contributed by atoms with E-state index in [2.05, 4.69) is 5.32 Å². The summed E-state index contributed by atoms with van der Waals surface area (Å²) in [5, 5.41) is 2.63. The summed E-state index contributed by atoms with van der Waals surface area (Å²) in [6, 6.07) is 15.2. The predicted molar refractivity (Wildman–Crippen MR) is 98.9 cm³/mol. The third kappa shape index (κ3) is 4.17. The average molecular weight is 381 g/mol. The van der Waals surface area contributed by atoms with Crippen molar-refractivity contribution >= 4 is 23.8 Å². The Bertz CT molecular complexity index is 913. The Hall–Kier alpha value is -3.68. The van der Waals surface area contributed by atoms with Gasteiger partial charge in [0.2, 0.25) is 5.91 Å². The molecule has 1 saturated heterocycles. The zero-order chi connectivity index (χ0) is 20.1. The Balaban J connectivity index is 1.60. The number of carbonyl (C=O) groups excluding carboxylic acids is 4. The zero-order valence-corrected chi connectivity index (χ0v) is 15.3. The molecule has 0 atom stereocenters. The van der Waals surface area contributed by atoms with Gasteiger partial charge in [-0.3, -0.25) is 19.3 Å². The molecule has 0 spiro atoms. The Labute approximate surface area is 161 Å². The van der Waals surface area contributed by atoms with Crippen LogP contribution in [0.2, 0.25) is 0 Å². The number of hydrogen-bond acceptors (Lipinski definition) is 5. The largest absolute Gasteiger partial charge is 0.497 e. The Morgan fingerprint density at radius 1 is 0.929 bits per heavy atom. The maximum atomic E-state index is 12.4. The standard InChI is InChI=1S/C20H19N3O5/c1-28-16-9-5-8-15(10-16)11-21-17(24)13-23-19(26)18(25)22(20(23)27)12-14-6-3-2-4-7-14/h2-10H,11-13H2,1H3,(H,21,24). The number of imide groups is 2. The number of nitrogens with zero attached hydrogens (tertiary/aromatic N) is 2. The lowest BCUT2D eigenvalue weighted by Gasteiger charge is -2.15. The monoisotopic (exact) mass is 381 g/mol.